The minimum absolute atomic E-state index is 0.0296. The zero-order valence-electron chi connectivity index (χ0n) is 20.5. The lowest BCUT2D eigenvalue weighted by atomic mass is 9.75. The molecular weight excluding hydrogens is 388 g/mol. The molecule has 31 heavy (non-hydrogen) atoms. The Morgan fingerprint density at radius 2 is 1.26 bits per heavy atom. The molecule has 0 radical (unpaired) electrons. The van der Waals surface area contributed by atoms with Gasteiger partial charge in [0.25, 0.3) is 0 Å². The smallest absolute Gasteiger partial charge is 0.313 e. The first-order valence-electron chi connectivity index (χ1n) is 12.7. The van der Waals surface area contributed by atoms with Crippen LogP contribution in [0.3, 0.4) is 0 Å². The summed E-state index contributed by atoms with van der Waals surface area (Å²) in [6.07, 6.45) is 10.8. The van der Waals surface area contributed by atoms with E-state index in [1.807, 2.05) is 12.2 Å². The second kappa shape index (κ2) is 10.5. The molecule has 8 atom stereocenters. The Morgan fingerprint density at radius 1 is 0.774 bits per heavy atom. The van der Waals surface area contributed by atoms with Gasteiger partial charge in [-0.2, -0.15) is 0 Å². The number of hydrogen-bond donors (Lipinski definition) is 0. The van der Waals surface area contributed by atoms with Crippen molar-refractivity contribution >= 4 is 11.9 Å². The number of esters is 2. The fraction of sp³-hybridized carbons (Fsp3) is 0.852. The Labute approximate surface area is 189 Å². The second-order valence-electron chi connectivity index (χ2n) is 11.4. The van der Waals surface area contributed by atoms with Crippen LogP contribution in [-0.4, -0.2) is 24.1 Å². The maximum atomic E-state index is 13.2. The van der Waals surface area contributed by atoms with Gasteiger partial charge in [0.15, 0.2) is 0 Å². The Hall–Kier alpha value is -1.32. The number of carbonyl (C=O) groups excluding carboxylic acids is 2. The van der Waals surface area contributed by atoms with Gasteiger partial charge in [-0.1, -0.05) is 66.5 Å². The van der Waals surface area contributed by atoms with Gasteiger partial charge < -0.3 is 9.47 Å². The van der Waals surface area contributed by atoms with Gasteiger partial charge in [-0.3, -0.25) is 9.59 Å². The van der Waals surface area contributed by atoms with E-state index in [2.05, 4.69) is 41.5 Å². The van der Waals surface area contributed by atoms with Gasteiger partial charge in [-0.05, 0) is 67.6 Å². The van der Waals surface area contributed by atoms with Crippen LogP contribution < -0.4 is 0 Å². The number of carbonyl (C=O) groups is 2. The summed E-state index contributed by atoms with van der Waals surface area (Å²) in [5, 5.41) is 0. The predicted octanol–water partition coefficient (Wildman–Crippen LogP) is 6.19. The van der Waals surface area contributed by atoms with Crippen LogP contribution in [0.2, 0.25) is 0 Å². The standard InChI is InChI=1S/C27H44O4/c1-16(2)20-12-10-18(5)14-24(20)30-26(28)22-8-7-9-23(22)27(29)31-25-15-19(6)11-13-21(25)17(3)4/h7-8,16-25H,9-15H2,1-6H3/t18-,19-,20+,21+,22+,23+,24-,25-/m1/s1. The van der Waals surface area contributed by atoms with Crippen molar-refractivity contribution in [2.45, 2.75) is 98.7 Å². The molecule has 4 nitrogen and oxygen atoms in total. The van der Waals surface area contributed by atoms with E-state index in [4.69, 9.17) is 9.47 Å². The molecule has 3 rings (SSSR count). The van der Waals surface area contributed by atoms with E-state index >= 15 is 0 Å². The van der Waals surface area contributed by atoms with Gasteiger partial charge in [0, 0.05) is 0 Å². The highest BCUT2D eigenvalue weighted by atomic mass is 16.6. The van der Waals surface area contributed by atoms with Crippen LogP contribution in [-0.2, 0) is 19.1 Å². The maximum absolute atomic E-state index is 13.2. The molecule has 0 aliphatic heterocycles. The third-order valence-electron chi connectivity index (χ3n) is 8.20. The summed E-state index contributed by atoms with van der Waals surface area (Å²) >= 11 is 0. The van der Waals surface area contributed by atoms with E-state index in [-0.39, 0.29) is 24.1 Å². The van der Waals surface area contributed by atoms with Crippen LogP contribution in [0.25, 0.3) is 0 Å². The molecule has 0 saturated heterocycles. The average Bonchev–Trinajstić information content (AvgIpc) is 3.17. The van der Waals surface area contributed by atoms with E-state index in [0.717, 1.165) is 25.7 Å². The maximum Gasteiger partial charge on any atom is 0.313 e. The summed E-state index contributed by atoms with van der Waals surface area (Å²) in [7, 11) is 0. The summed E-state index contributed by atoms with van der Waals surface area (Å²) in [5.74, 6) is 1.58. The molecule has 0 heterocycles. The lowest BCUT2D eigenvalue weighted by Gasteiger charge is -2.38. The molecule has 0 unspecified atom stereocenters. The van der Waals surface area contributed by atoms with Gasteiger partial charge in [0.05, 0.1) is 11.8 Å². The normalized spacial score (nSPS) is 38.5. The van der Waals surface area contributed by atoms with Crippen molar-refractivity contribution in [3.63, 3.8) is 0 Å². The van der Waals surface area contributed by atoms with E-state index in [9.17, 15) is 9.59 Å². The van der Waals surface area contributed by atoms with Crippen molar-refractivity contribution in [2.75, 3.05) is 0 Å². The van der Waals surface area contributed by atoms with Crippen molar-refractivity contribution in [1.29, 1.82) is 0 Å². The van der Waals surface area contributed by atoms with Crippen molar-refractivity contribution < 1.29 is 19.1 Å². The number of allylic oxidation sites excluding steroid dienone is 1. The number of ether oxygens (including phenoxy) is 2. The first kappa shape index (κ1) is 24.3. The van der Waals surface area contributed by atoms with Crippen LogP contribution in [0.5, 0.6) is 0 Å². The Balaban J connectivity index is 1.63. The molecule has 3 aliphatic carbocycles. The van der Waals surface area contributed by atoms with Crippen LogP contribution in [0.4, 0.5) is 0 Å². The van der Waals surface area contributed by atoms with Gasteiger partial charge >= 0.3 is 11.9 Å². The van der Waals surface area contributed by atoms with Crippen LogP contribution >= 0.6 is 0 Å². The highest BCUT2D eigenvalue weighted by Crippen LogP contribution is 2.39. The average molecular weight is 433 g/mol. The van der Waals surface area contributed by atoms with Gasteiger partial charge in [0.1, 0.15) is 12.2 Å². The zero-order valence-corrected chi connectivity index (χ0v) is 20.5. The van der Waals surface area contributed by atoms with Crippen molar-refractivity contribution in [2.24, 2.45) is 47.3 Å². The quantitative estimate of drug-likeness (QED) is 0.371. The van der Waals surface area contributed by atoms with Gasteiger partial charge in [-0.15, -0.1) is 0 Å². The van der Waals surface area contributed by atoms with Crippen LogP contribution in [0.15, 0.2) is 12.2 Å². The summed E-state index contributed by atoms with van der Waals surface area (Å²) in [4.78, 5) is 26.3. The predicted molar refractivity (Wildman–Crippen MR) is 123 cm³/mol. The van der Waals surface area contributed by atoms with Crippen molar-refractivity contribution in [3.05, 3.63) is 12.2 Å². The molecule has 3 aliphatic rings. The third-order valence-corrected chi connectivity index (χ3v) is 8.20. The van der Waals surface area contributed by atoms with Crippen LogP contribution in [0, 0.1) is 47.3 Å². The van der Waals surface area contributed by atoms with Gasteiger partial charge in [-0.25, -0.2) is 0 Å². The number of hydrogen-bond acceptors (Lipinski definition) is 4. The fourth-order valence-electron chi connectivity index (χ4n) is 6.10. The SMILES string of the molecule is CC(C)[C@@H]1CC[C@@H](C)C[C@H]1OC(=O)[C@H]1C=CC[C@@H]1C(=O)O[C@@H]1C[C@H](C)CC[C@H]1C(C)C. The van der Waals surface area contributed by atoms with E-state index < -0.39 is 11.8 Å². The van der Waals surface area contributed by atoms with E-state index in [1.165, 1.54) is 12.8 Å². The number of rotatable bonds is 6. The summed E-state index contributed by atoms with van der Waals surface area (Å²) in [6, 6.07) is 0. The topological polar surface area (TPSA) is 52.6 Å². The summed E-state index contributed by atoms with van der Waals surface area (Å²) in [5.41, 5.74) is 0. The molecule has 0 aromatic heterocycles. The van der Waals surface area contributed by atoms with Crippen LogP contribution in [0.1, 0.15) is 86.5 Å². The van der Waals surface area contributed by atoms with E-state index in [0.29, 0.717) is 41.9 Å². The minimum atomic E-state index is -0.504. The largest absolute Gasteiger partial charge is 0.462 e. The molecule has 0 amide bonds. The minimum Gasteiger partial charge on any atom is -0.462 e. The summed E-state index contributed by atoms with van der Waals surface area (Å²) < 4.78 is 12.1. The monoisotopic (exact) mass is 432 g/mol. The first-order valence-corrected chi connectivity index (χ1v) is 12.7. The molecule has 0 bridgehead atoms. The Kier molecular flexibility index (Phi) is 8.26. The fourth-order valence-corrected chi connectivity index (χ4v) is 6.10. The molecule has 0 N–H and O–H groups in total. The lowest BCUT2D eigenvalue weighted by Crippen LogP contribution is -2.40. The molecule has 4 heteroatoms. The van der Waals surface area contributed by atoms with Crippen molar-refractivity contribution in [3.8, 4) is 0 Å². The van der Waals surface area contributed by atoms with E-state index in [1.54, 1.807) is 0 Å². The second-order valence-corrected chi connectivity index (χ2v) is 11.4. The molecule has 0 aromatic rings. The first-order chi connectivity index (χ1) is 14.7. The van der Waals surface area contributed by atoms with Crippen molar-refractivity contribution in [1.82, 2.24) is 0 Å². The lowest BCUT2D eigenvalue weighted by molar-refractivity contribution is -0.171. The highest BCUT2D eigenvalue weighted by Gasteiger charge is 2.42. The Bertz CT molecular complexity index is 652. The molecule has 2 fully saturated rings. The third kappa shape index (κ3) is 5.93. The molecule has 0 aromatic carbocycles. The zero-order chi connectivity index (χ0) is 22.7. The molecule has 176 valence electrons. The molecular formula is C27H44O4. The summed E-state index contributed by atoms with van der Waals surface area (Å²) in [6.45, 7) is 13.3. The Morgan fingerprint density at radius 3 is 1.74 bits per heavy atom. The van der Waals surface area contributed by atoms with Gasteiger partial charge in [0.2, 0.25) is 0 Å². The molecule has 2 saturated carbocycles. The highest BCUT2D eigenvalue weighted by molar-refractivity contribution is 5.84. The molecule has 0 spiro atoms.